The quantitative estimate of drug-likeness (QED) is 0.638. The number of esters is 1. The van der Waals surface area contributed by atoms with Crippen LogP contribution in [0.2, 0.25) is 0 Å². The van der Waals surface area contributed by atoms with Crippen LogP contribution in [0, 0.1) is 30.6 Å². The van der Waals surface area contributed by atoms with Gasteiger partial charge in [-0.25, -0.2) is 17.9 Å². The zero-order chi connectivity index (χ0) is 24.5. The number of sulfonamides is 1. The van der Waals surface area contributed by atoms with E-state index in [1.807, 2.05) is 38.1 Å². The number of carbonyl (C=O) groups is 1. The maximum atomic E-state index is 13.4. The Morgan fingerprint density at radius 1 is 1.00 bits per heavy atom. The van der Waals surface area contributed by atoms with Crippen molar-refractivity contribution in [3.8, 4) is 0 Å². The number of fused-ring (bicyclic) bond motifs is 5. The number of hydrogen-bond acceptors (Lipinski definition) is 5. The number of benzene rings is 2. The first-order valence-electron chi connectivity index (χ1n) is 11.9. The molecule has 1 N–H and O–H groups in total. The molecular weight excluding hydrogens is 448 g/mol. The molecule has 2 saturated carbocycles. The molecule has 0 amide bonds. The molecule has 180 valence electrons. The third kappa shape index (κ3) is 3.43. The lowest BCUT2D eigenvalue weighted by atomic mass is 9.70. The lowest BCUT2D eigenvalue weighted by Gasteiger charge is -2.37. The summed E-state index contributed by atoms with van der Waals surface area (Å²) >= 11 is 0. The first-order valence-corrected chi connectivity index (χ1v) is 13.4. The van der Waals surface area contributed by atoms with E-state index in [1.54, 1.807) is 24.3 Å². The van der Waals surface area contributed by atoms with Crippen molar-refractivity contribution < 1.29 is 17.9 Å². The topological polar surface area (TPSA) is 84.8 Å². The summed E-state index contributed by atoms with van der Waals surface area (Å²) in [4.78, 5) is 18.4. The van der Waals surface area contributed by atoms with Crippen LogP contribution in [0.5, 0.6) is 0 Å². The SMILES string of the molecule is Cc1ccc([C@@H](NS(=O)(=O)c2ccc(C)cc2)[C@@H]2N=C3C(OC2=O)[C@H]2CC[C@]3(C)C2(C)C)cc1. The first-order chi connectivity index (χ1) is 15.9. The normalized spacial score (nSPS) is 30.4. The summed E-state index contributed by atoms with van der Waals surface area (Å²) in [5.74, 6) is -0.235. The highest BCUT2D eigenvalue weighted by Gasteiger charge is 2.67. The Morgan fingerprint density at radius 3 is 2.21 bits per heavy atom. The van der Waals surface area contributed by atoms with Crippen molar-refractivity contribution in [2.45, 2.75) is 70.5 Å². The molecular formula is C27H32N2O4S. The summed E-state index contributed by atoms with van der Waals surface area (Å²) in [6, 6.07) is 12.3. The minimum absolute atomic E-state index is 0.0353. The second-order valence-corrected chi connectivity index (χ2v) is 12.6. The molecule has 0 radical (unpaired) electrons. The lowest BCUT2D eigenvalue weighted by molar-refractivity contribution is -0.152. The van der Waals surface area contributed by atoms with Gasteiger partial charge in [0.1, 0.15) is 6.10 Å². The van der Waals surface area contributed by atoms with E-state index in [2.05, 4.69) is 25.5 Å². The number of aliphatic imine (C=N–C) groups is 1. The van der Waals surface area contributed by atoms with Crippen LogP contribution in [0.3, 0.4) is 0 Å². The van der Waals surface area contributed by atoms with Crippen molar-refractivity contribution in [2.24, 2.45) is 21.7 Å². The van der Waals surface area contributed by atoms with Gasteiger partial charge in [0.15, 0.2) is 6.04 Å². The Balaban J connectivity index is 1.58. The third-order valence-electron chi connectivity index (χ3n) is 8.63. The van der Waals surface area contributed by atoms with Gasteiger partial charge in [0.25, 0.3) is 0 Å². The standard InChI is InChI=1S/C27H32N2O4S/c1-16-6-10-18(11-7-16)21(29-34(31,32)19-12-8-17(2)9-13-19)22-25(30)33-23-20-14-15-27(5,24(23)28-22)26(20,3)4/h6-13,20-23,29H,14-15H2,1-5H3/t20-,21-,22+,23?,27+/m1/s1. The zero-order valence-corrected chi connectivity index (χ0v) is 21.1. The Bertz CT molecular complexity index is 1260. The molecule has 0 aromatic heterocycles. The fraction of sp³-hybridized carbons (Fsp3) is 0.481. The fourth-order valence-electron chi connectivity index (χ4n) is 6.03. The largest absolute Gasteiger partial charge is 0.454 e. The third-order valence-corrected chi connectivity index (χ3v) is 10.1. The van der Waals surface area contributed by atoms with Crippen molar-refractivity contribution in [3.05, 3.63) is 65.2 Å². The second kappa shape index (κ2) is 7.75. The summed E-state index contributed by atoms with van der Waals surface area (Å²) in [6.45, 7) is 10.5. The van der Waals surface area contributed by atoms with Crippen LogP contribution in [0.4, 0.5) is 0 Å². The van der Waals surface area contributed by atoms with Crippen molar-refractivity contribution in [3.63, 3.8) is 0 Å². The highest BCUT2D eigenvalue weighted by Crippen LogP contribution is 2.65. The summed E-state index contributed by atoms with van der Waals surface area (Å²) in [5, 5.41) is 0. The van der Waals surface area contributed by atoms with Gasteiger partial charge >= 0.3 is 5.97 Å². The molecule has 2 fully saturated rings. The molecule has 0 saturated heterocycles. The van der Waals surface area contributed by atoms with E-state index >= 15 is 0 Å². The van der Waals surface area contributed by atoms with Crippen LogP contribution in [0.1, 0.15) is 56.3 Å². The first kappa shape index (κ1) is 23.2. The molecule has 1 heterocycles. The average molecular weight is 481 g/mol. The van der Waals surface area contributed by atoms with Gasteiger partial charge in [-0.1, -0.05) is 68.3 Å². The van der Waals surface area contributed by atoms with E-state index in [1.165, 1.54) is 0 Å². The molecule has 2 aromatic carbocycles. The van der Waals surface area contributed by atoms with E-state index in [0.717, 1.165) is 29.7 Å². The molecule has 7 heteroatoms. The Kier molecular flexibility index (Phi) is 5.30. The van der Waals surface area contributed by atoms with Gasteiger partial charge in [-0.3, -0.25) is 4.99 Å². The Labute approximate surface area is 201 Å². The molecule has 34 heavy (non-hydrogen) atoms. The number of rotatable bonds is 5. The molecule has 0 spiro atoms. The maximum Gasteiger partial charge on any atom is 0.333 e. The predicted molar refractivity (Wildman–Crippen MR) is 131 cm³/mol. The van der Waals surface area contributed by atoms with Gasteiger partial charge in [0.05, 0.1) is 16.6 Å². The molecule has 2 bridgehead atoms. The zero-order valence-electron chi connectivity index (χ0n) is 20.3. The lowest BCUT2D eigenvalue weighted by Crippen LogP contribution is -2.49. The van der Waals surface area contributed by atoms with Crippen molar-refractivity contribution in [1.29, 1.82) is 0 Å². The summed E-state index contributed by atoms with van der Waals surface area (Å²) in [5.41, 5.74) is 3.39. The molecule has 1 aliphatic heterocycles. The van der Waals surface area contributed by atoms with Crippen molar-refractivity contribution in [1.82, 2.24) is 4.72 Å². The molecule has 3 aliphatic rings. The van der Waals surface area contributed by atoms with E-state index < -0.39 is 28.1 Å². The number of ether oxygens (including phenoxy) is 1. The number of nitrogens with one attached hydrogen (secondary N) is 1. The summed E-state index contributed by atoms with van der Waals surface area (Å²) < 4.78 is 35.5. The van der Waals surface area contributed by atoms with E-state index in [0.29, 0.717) is 5.56 Å². The van der Waals surface area contributed by atoms with Gasteiger partial charge < -0.3 is 4.74 Å². The van der Waals surface area contributed by atoms with E-state index in [9.17, 15) is 13.2 Å². The summed E-state index contributed by atoms with van der Waals surface area (Å²) in [7, 11) is -3.90. The smallest absolute Gasteiger partial charge is 0.333 e. The van der Waals surface area contributed by atoms with Crippen LogP contribution in [-0.4, -0.2) is 32.2 Å². The van der Waals surface area contributed by atoms with Crippen LogP contribution >= 0.6 is 0 Å². The molecule has 5 rings (SSSR count). The maximum absolute atomic E-state index is 13.4. The van der Waals surface area contributed by atoms with Gasteiger partial charge in [-0.15, -0.1) is 0 Å². The van der Waals surface area contributed by atoms with Crippen molar-refractivity contribution in [2.75, 3.05) is 0 Å². The monoisotopic (exact) mass is 480 g/mol. The number of carbonyl (C=O) groups excluding carboxylic acids is 1. The van der Waals surface area contributed by atoms with Crippen LogP contribution in [-0.2, 0) is 19.6 Å². The number of nitrogens with zero attached hydrogens (tertiary/aromatic N) is 1. The molecule has 6 nitrogen and oxygen atoms in total. The molecule has 2 aromatic rings. The van der Waals surface area contributed by atoms with E-state index in [-0.39, 0.29) is 27.7 Å². The molecule has 5 atom stereocenters. The predicted octanol–water partition coefficient (Wildman–Crippen LogP) is 4.51. The van der Waals surface area contributed by atoms with Gasteiger partial charge in [0, 0.05) is 11.3 Å². The average Bonchev–Trinajstić information content (AvgIpc) is 3.10. The van der Waals surface area contributed by atoms with Gasteiger partial charge in [-0.2, -0.15) is 0 Å². The number of aryl methyl sites for hydroxylation is 2. The number of hydrogen-bond donors (Lipinski definition) is 1. The minimum Gasteiger partial charge on any atom is -0.454 e. The molecule has 2 aliphatic carbocycles. The van der Waals surface area contributed by atoms with Crippen molar-refractivity contribution >= 4 is 21.7 Å². The highest BCUT2D eigenvalue weighted by atomic mass is 32.2. The second-order valence-electron chi connectivity index (χ2n) is 10.8. The van der Waals surface area contributed by atoms with Gasteiger partial charge in [0.2, 0.25) is 10.0 Å². The minimum atomic E-state index is -3.90. The fourth-order valence-corrected chi connectivity index (χ4v) is 7.26. The summed E-state index contributed by atoms with van der Waals surface area (Å²) in [6.07, 6.45) is 1.69. The Hall–Kier alpha value is -2.51. The Morgan fingerprint density at radius 2 is 1.59 bits per heavy atom. The van der Waals surface area contributed by atoms with E-state index in [4.69, 9.17) is 9.73 Å². The highest BCUT2D eigenvalue weighted by molar-refractivity contribution is 7.89. The molecule has 1 unspecified atom stereocenters. The van der Waals surface area contributed by atoms with Crippen LogP contribution in [0.15, 0.2) is 58.4 Å². The van der Waals surface area contributed by atoms with Crippen LogP contribution in [0.25, 0.3) is 0 Å². The van der Waals surface area contributed by atoms with Gasteiger partial charge in [-0.05, 0) is 49.8 Å². The van der Waals surface area contributed by atoms with Crippen LogP contribution < -0.4 is 4.72 Å².